The zero-order chi connectivity index (χ0) is 14.5. The zero-order valence-corrected chi connectivity index (χ0v) is 12.8. The van der Waals surface area contributed by atoms with Crippen LogP contribution in [-0.4, -0.2) is 23.2 Å². The number of rotatable bonds is 8. The predicted molar refractivity (Wildman–Crippen MR) is 81.8 cm³/mol. The minimum absolute atomic E-state index is 0.0936. The Hall–Kier alpha value is -1.14. The molecule has 2 N–H and O–H groups in total. The molecule has 1 aromatic carbocycles. The molecule has 1 atom stereocenters. The van der Waals surface area contributed by atoms with E-state index in [0.29, 0.717) is 22.0 Å². The summed E-state index contributed by atoms with van der Waals surface area (Å²) in [6, 6.07) is 5.05. The number of nitro benzene ring substituents is 1. The van der Waals surface area contributed by atoms with Crippen molar-refractivity contribution in [3.05, 3.63) is 32.8 Å². The fourth-order valence-corrected chi connectivity index (χ4v) is 2.82. The third-order valence-corrected chi connectivity index (χ3v) is 4.23. The Bertz CT molecular complexity index is 477. The third-order valence-electron chi connectivity index (χ3n) is 3.73. The lowest BCUT2D eigenvalue weighted by Gasteiger charge is -2.17. The highest BCUT2D eigenvalue weighted by Gasteiger charge is 2.30. The van der Waals surface area contributed by atoms with Gasteiger partial charge in [0.15, 0.2) is 0 Å². The highest BCUT2D eigenvalue weighted by molar-refractivity contribution is 9.10. The molecule has 1 aliphatic carbocycles. The second kappa shape index (κ2) is 7.04. The summed E-state index contributed by atoms with van der Waals surface area (Å²) in [4.78, 5) is 10.7. The van der Waals surface area contributed by atoms with Crippen molar-refractivity contribution >= 4 is 27.3 Å². The van der Waals surface area contributed by atoms with Crippen molar-refractivity contribution in [1.29, 1.82) is 0 Å². The number of nitro groups is 1. The Labute approximate surface area is 126 Å². The van der Waals surface area contributed by atoms with E-state index in [4.69, 9.17) is 5.11 Å². The second-order valence-electron chi connectivity index (χ2n) is 5.26. The van der Waals surface area contributed by atoms with Crippen LogP contribution in [0, 0.1) is 22.0 Å². The van der Waals surface area contributed by atoms with Crippen LogP contribution >= 0.6 is 15.9 Å². The molecule has 0 bridgehead atoms. The second-order valence-corrected chi connectivity index (χ2v) is 6.18. The molecule has 1 aromatic rings. The Kier molecular flexibility index (Phi) is 5.37. The fraction of sp³-hybridized carbons (Fsp3) is 0.571. The number of anilines is 1. The van der Waals surface area contributed by atoms with E-state index in [1.807, 2.05) is 0 Å². The van der Waals surface area contributed by atoms with Gasteiger partial charge >= 0.3 is 0 Å². The summed E-state index contributed by atoms with van der Waals surface area (Å²) >= 11 is 3.25. The maximum atomic E-state index is 11.0. The standard InChI is InChI=1S/C14H19BrN2O3/c15-12-5-6-13(14(8-12)17(19)20)16-9-11(2-1-7-18)10-3-4-10/h5-6,8,10-11,16,18H,1-4,7,9H2/t11-/m1/s1. The van der Waals surface area contributed by atoms with Crippen molar-refractivity contribution in [3.8, 4) is 0 Å². The quantitative estimate of drug-likeness (QED) is 0.559. The van der Waals surface area contributed by atoms with E-state index in [1.54, 1.807) is 12.1 Å². The fourth-order valence-electron chi connectivity index (χ4n) is 2.47. The van der Waals surface area contributed by atoms with Crippen LogP contribution in [-0.2, 0) is 0 Å². The molecule has 2 rings (SSSR count). The highest BCUT2D eigenvalue weighted by Crippen LogP contribution is 2.39. The summed E-state index contributed by atoms with van der Waals surface area (Å²) in [6.07, 6.45) is 4.24. The number of aliphatic hydroxyl groups excluding tert-OH is 1. The van der Waals surface area contributed by atoms with E-state index < -0.39 is 0 Å². The Morgan fingerprint density at radius 3 is 2.85 bits per heavy atom. The van der Waals surface area contributed by atoms with Crippen LogP contribution in [0.2, 0.25) is 0 Å². The van der Waals surface area contributed by atoms with E-state index in [-0.39, 0.29) is 17.2 Å². The van der Waals surface area contributed by atoms with E-state index >= 15 is 0 Å². The molecule has 0 radical (unpaired) electrons. The average Bonchev–Trinajstić information content (AvgIpc) is 3.24. The van der Waals surface area contributed by atoms with Crippen LogP contribution < -0.4 is 5.32 Å². The van der Waals surface area contributed by atoms with Crippen molar-refractivity contribution in [3.63, 3.8) is 0 Å². The number of hydrogen-bond donors (Lipinski definition) is 2. The number of hydrogen-bond acceptors (Lipinski definition) is 4. The number of nitrogens with one attached hydrogen (secondary N) is 1. The predicted octanol–water partition coefficient (Wildman–Crippen LogP) is 3.57. The Balaban J connectivity index is 2.00. The summed E-state index contributed by atoms with van der Waals surface area (Å²) in [5.74, 6) is 1.20. The van der Waals surface area contributed by atoms with Crippen LogP contribution in [0.4, 0.5) is 11.4 Å². The lowest BCUT2D eigenvalue weighted by atomic mass is 9.97. The van der Waals surface area contributed by atoms with Crippen LogP contribution in [0.25, 0.3) is 0 Å². The van der Waals surface area contributed by atoms with Crippen LogP contribution in [0.15, 0.2) is 22.7 Å². The molecular formula is C14H19BrN2O3. The summed E-state index contributed by atoms with van der Waals surface area (Å²) in [5, 5.41) is 23.2. The minimum atomic E-state index is -0.368. The van der Waals surface area contributed by atoms with Gasteiger partial charge < -0.3 is 10.4 Å². The normalized spacial score (nSPS) is 15.9. The maximum Gasteiger partial charge on any atom is 0.293 e. The van der Waals surface area contributed by atoms with Crippen molar-refractivity contribution in [1.82, 2.24) is 0 Å². The van der Waals surface area contributed by atoms with E-state index in [2.05, 4.69) is 21.2 Å². The van der Waals surface area contributed by atoms with E-state index in [1.165, 1.54) is 18.9 Å². The Morgan fingerprint density at radius 2 is 2.25 bits per heavy atom. The van der Waals surface area contributed by atoms with Gasteiger partial charge in [-0.15, -0.1) is 0 Å². The molecule has 1 saturated carbocycles. The molecule has 110 valence electrons. The van der Waals surface area contributed by atoms with Gasteiger partial charge in [0, 0.05) is 23.7 Å². The first-order valence-corrected chi connectivity index (χ1v) is 7.69. The maximum absolute atomic E-state index is 11.0. The molecule has 0 heterocycles. The van der Waals surface area contributed by atoms with Crippen LogP contribution in [0.3, 0.4) is 0 Å². The van der Waals surface area contributed by atoms with Gasteiger partial charge in [-0.05, 0) is 49.7 Å². The average molecular weight is 343 g/mol. The number of nitrogens with zero attached hydrogens (tertiary/aromatic N) is 1. The third kappa shape index (κ3) is 4.18. The van der Waals surface area contributed by atoms with Gasteiger partial charge in [0.25, 0.3) is 5.69 Å². The van der Waals surface area contributed by atoms with Gasteiger partial charge in [0.2, 0.25) is 0 Å². The van der Waals surface area contributed by atoms with Crippen molar-refractivity contribution in [2.75, 3.05) is 18.5 Å². The van der Waals surface area contributed by atoms with Crippen LogP contribution in [0.5, 0.6) is 0 Å². The molecule has 1 aliphatic rings. The summed E-state index contributed by atoms with van der Waals surface area (Å²) in [7, 11) is 0. The number of benzene rings is 1. The van der Waals surface area contributed by atoms with Gasteiger partial charge in [-0.2, -0.15) is 0 Å². The summed E-state index contributed by atoms with van der Waals surface area (Å²) < 4.78 is 0.703. The molecule has 20 heavy (non-hydrogen) atoms. The molecule has 6 heteroatoms. The lowest BCUT2D eigenvalue weighted by Crippen LogP contribution is -2.17. The zero-order valence-electron chi connectivity index (χ0n) is 11.2. The topological polar surface area (TPSA) is 75.4 Å². The SMILES string of the molecule is O=[N+]([O-])c1cc(Br)ccc1NC[C@@H](CCCO)C1CC1. The van der Waals surface area contributed by atoms with Crippen molar-refractivity contribution < 1.29 is 10.0 Å². The van der Waals surface area contributed by atoms with Crippen molar-refractivity contribution in [2.24, 2.45) is 11.8 Å². The van der Waals surface area contributed by atoms with Gasteiger partial charge in [0.05, 0.1) is 4.92 Å². The van der Waals surface area contributed by atoms with E-state index in [9.17, 15) is 10.1 Å². The first-order chi connectivity index (χ1) is 9.61. The van der Waals surface area contributed by atoms with E-state index in [0.717, 1.165) is 19.4 Å². The number of aliphatic hydroxyl groups is 1. The Morgan fingerprint density at radius 1 is 1.50 bits per heavy atom. The number of halogens is 1. The molecule has 0 spiro atoms. The minimum Gasteiger partial charge on any atom is -0.396 e. The van der Waals surface area contributed by atoms with Gasteiger partial charge in [-0.1, -0.05) is 15.9 Å². The molecular weight excluding hydrogens is 324 g/mol. The lowest BCUT2D eigenvalue weighted by molar-refractivity contribution is -0.384. The smallest absolute Gasteiger partial charge is 0.293 e. The monoisotopic (exact) mass is 342 g/mol. The summed E-state index contributed by atoms with van der Waals surface area (Å²) in [6.45, 7) is 0.939. The summed E-state index contributed by atoms with van der Waals surface area (Å²) in [5.41, 5.74) is 0.656. The van der Waals surface area contributed by atoms with Crippen molar-refractivity contribution in [2.45, 2.75) is 25.7 Å². The van der Waals surface area contributed by atoms with Gasteiger partial charge in [-0.3, -0.25) is 10.1 Å². The molecule has 0 unspecified atom stereocenters. The first kappa shape index (κ1) is 15.3. The molecule has 0 saturated heterocycles. The van der Waals surface area contributed by atoms with Gasteiger partial charge in [0.1, 0.15) is 5.69 Å². The largest absolute Gasteiger partial charge is 0.396 e. The molecule has 0 aliphatic heterocycles. The molecule has 1 fully saturated rings. The molecule has 0 aromatic heterocycles. The van der Waals surface area contributed by atoms with Gasteiger partial charge in [-0.25, -0.2) is 0 Å². The highest BCUT2D eigenvalue weighted by atomic mass is 79.9. The first-order valence-electron chi connectivity index (χ1n) is 6.90. The van der Waals surface area contributed by atoms with Crippen LogP contribution in [0.1, 0.15) is 25.7 Å². The molecule has 0 amide bonds. The molecule has 5 nitrogen and oxygen atoms in total.